The maximum Gasteiger partial charge on any atom is 0.145 e. The fraction of sp³-hybridized carbons (Fsp3) is 0.0694. The highest BCUT2D eigenvalue weighted by Crippen LogP contribution is 2.45. The van der Waals surface area contributed by atoms with Gasteiger partial charge in [0.1, 0.15) is 17.3 Å². The Kier molecular flexibility index (Phi) is 9.62. The Morgan fingerprint density at radius 1 is 0.447 bits per heavy atom. The largest absolute Gasteiger partial charge is 0.456 e. The van der Waals surface area contributed by atoms with Crippen molar-refractivity contribution in [1.82, 2.24) is 9.88 Å². The first-order valence-corrected chi connectivity index (χ1v) is 26.7. The molecular weight excluding hydrogens is 923 g/mol. The Morgan fingerprint density at radius 2 is 1.09 bits per heavy atom. The number of benzene rings is 12. The molecule has 14 aromatic rings. The van der Waals surface area contributed by atoms with Crippen LogP contribution in [0, 0.1) is 0 Å². The summed E-state index contributed by atoms with van der Waals surface area (Å²) in [5.41, 5.74) is 17.2. The molecule has 1 aliphatic heterocycles. The molecule has 0 bridgehead atoms. The van der Waals surface area contributed by atoms with Crippen LogP contribution in [0.2, 0.25) is 0 Å². The van der Waals surface area contributed by atoms with Gasteiger partial charge in [0.15, 0.2) is 0 Å². The third-order valence-corrected chi connectivity index (χ3v) is 16.6. The van der Waals surface area contributed by atoms with Gasteiger partial charge in [-0.15, -0.1) is 0 Å². The van der Waals surface area contributed by atoms with Gasteiger partial charge in [0.05, 0.1) is 22.4 Å². The van der Waals surface area contributed by atoms with E-state index in [1.54, 1.807) is 0 Å². The summed E-state index contributed by atoms with van der Waals surface area (Å²) in [6, 6.07) is 87.4. The smallest absolute Gasteiger partial charge is 0.145 e. The van der Waals surface area contributed by atoms with Gasteiger partial charge in [-0.3, -0.25) is 4.99 Å². The van der Waals surface area contributed by atoms with Gasteiger partial charge in [-0.2, -0.15) is 0 Å². The van der Waals surface area contributed by atoms with Crippen LogP contribution in [-0.2, 0) is 6.42 Å². The molecule has 4 nitrogen and oxygen atoms in total. The molecule has 76 heavy (non-hydrogen) atoms. The van der Waals surface area contributed by atoms with Crippen LogP contribution >= 0.6 is 0 Å². The molecule has 1 aliphatic carbocycles. The van der Waals surface area contributed by atoms with E-state index in [0.29, 0.717) is 12.3 Å². The minimum absolute atomic E-state index is 0.303. The number of fused-ring (bicyclic) bond motifs is 14. The van der Waals surface area contributed by atoms with Crippen molar-refractivity contribution < 1.29 is 4.42 Å². The summed E-state index contributed by atoms with van der Waals surface area (Å²) in [7, 11) is 0. The van der Waals surface area contributed by atoms with Gasteiger partial charge in [-0.1, -0.05) is 194 Å². The zero-order valence-electron chi connectivity index (χ0n) is 41.7. The van der Waals surface area contributed by atoms with Crippen molar-refractivity contribution >= 4 is 98.2 Å². The van der Waals surface area contributed by atoms with Crippen molar-refractivity contribution in [1.29, 1.82) is 0 Å². The quantitative estimate of drug-likeness (QED) is 0.187. The van der Waals surface area contributed by atoms with E-state index >= 15 is 0 Å². The maximum absolute atomic E-state index is 6.98. The minimum atomic E-state index is -0.405. The predicted octanol–water partition coefficient (Wildman–Crippen LogP) is 18.6. The number of aryl methyl sites for hydroxylation is 1. The summed E-state index contributed by atoms with van der Waals surface area (Å²) in [6.45, 7) is 0. The molecule has 1 N–H and O–H groups in total. The Bertz CT molecular complexity index is 4690. The molecule has 0 saturated carbocycles. The Morgan fingerprint density at radius 3 is 1.86 bits per heavy atom. The van der Waals surface area contributed by atoms with E-state index < -0.39 is 6.17 Å². The van der Waals surface area contributed by atoms with E-state index in [1.165, 1.54) is 81.7 Å². The maximum atomic E-state index is 6.98. The summed E-state index contributed by atoms with van der Waals surface area (Å²) in [4.78, 5) is 5.97. The lowest BCUT2D eigenvalue weighted by Gasteiger charge is -2.21. The van der Waals surface area contributed by atoms with Crippen LogP contribution < -0.4 is 5.32 Å². The zero-order chi connectivity index (χ0) is 49.8. The van der Waals surface area contributed by atoms with Gasteiger partial charge in [0, 0.05) is 45.1 Å². The highest BCUT2D eigenvalue weighted by Gasteiger charge is 2.28. The Balaban J connectivity index is 0.954. The SMILES string of the molecule is C1=C(c2ccc3ccccc3c2)NC(c2ccc3c(c2)CCC(c2ccccc2)c2ccccc2-3)N=C(c2cc3oc4ccc5ccccc5c4c3cc2-n2c3cc4ccccc4cc3c3cc4ccccc4cc32)C1. The number of allylic oxidation sites excluding steroid dienone is 1. The molecule has 0 fully saturated rings. The summed E-state index contributed by atoms with van der Waals surface area (Å²) in [5.74, 6) is 0.303. The van der Waals surface area contributed by atoms with Crippen LogP contribution in [0.3, 0.4) is 0 Å². The monoisotopic (exact) mass is 971 g/mol. The molecular formula is C72H49N3O. The molecule has 0 spiro atoms. The molecule has 12 aromatic carbocycles. The topological polar surface area (TPSA) is 42.5 Å². The Labute approximate surface area is 439 Å². The van der Waals surface area contributed by atoms with Gasteiger partial charge in [-0.25, -0.2) is 0 Å². The first-order valence-electron chi connectivity index (χ1n) is 26.7. The van der Waals surface area contributed by atoms with Crippen molar-refractivity contribution in [3.05, 3.63) is 276 Å². The van der Waals surface area contributed by atoms with Gasteiger partial charge < -0.3 is 14.3 Å². The van der Waals surface area contributed by atoms with E-state index in [0.717, 1.165) is 79.6 Å². The summed E-state index contributed by atoms with van der Waals surface area (Å²) >= 11 is 0. The fourth-order valence-corrected chi connectivity index (χ4v) is 13.0. The Hall–Kier alpha value is -9.51. The molecule has 0 saturated heterocycles. The van der Waals surface area contributed by atoms with Crippen molar-refractivity contribution in [3.8, 4) is 16.8 Å². The van der Waals surface area contributed by atoms with Crippen LogP contribution in [0.1, 0.15) is 58.3 Å². The number of aromatic nitrogens is 1. The number of rotatable bonds is 5. The van der Waals surface area contributed by atoms with Crippen LogP contribution in [0.5, 0.6) is 0 Å². The zero-order valence-corrected chi connectivity index (χ0v) is 41.7. The summed E-state index contributed by atoms with van der Waals surface area (Å²) in [6.07, 6.45) is 4.52. The number of nitrogens with one attached hydrogen (secondary N) is 1. The predicted molar refractivity (Wildman–Crippen MR) is 318 cm³/mol. The van der Waals surface area contributed by atoms with Crippen LogP contribution in [0.4, 0.5) is 0 Å². The highest BCUT2D eigenvalue weighted by atomic mass is 16.3. The molecule has 2 atom stereocenters. The van der Waals surface area contributed by atoms with Crippen LogP contribution in [-0.4, -0.2) is 10.3 Å². The number of hydrogen-bond acceptors (Lipinski definition) is 3. The van der Waals surface area contributed by atoms with Crippen molar-refractivity contribution in [3.63, 3.8) is 0 Å². The van der Waals surface area contributed by atoms with E-state index in [1.807, 2.05) is 0 Å². The molecule has 3 heterocycles. The third-order valence-electron chi connectivity index (χ3n) is 16.6. The number of furan rings is 1. The van der Waals surface area contributed by atoms with Crippen LogP contribution in [0.15, 0.2) is 252 Å². The highest BCUT2D eigenvalue weighted by molar-refractivity contribution is 6.22. The minimum Gasteiger partial charge on any atom is -0.456 e. The van der Waals surface area contributed by atoms with Crippen molar-refractivity contribution in [2.45, 2.75) is 31.3 Å². The van der Waals surface area contributed by atoms with Gasteiger partial charge in [0.25, 0.3) is 0 Å². The summed E-state index contributed by atoms with van der Waals surface area (Å²) < 4.78 is 9.50. The van der Waals surface area contributed by atoms with Crippen molar-refractivity contribution in [2.75, 3.05) is 0 Å². The molecule has 4 heteroatoms. The number of aliphatic imine (C=N–C) groups is 1. The molecule has 358 valence electrons. The second-order valence-corrected chi connectivity index (χ2v) is 20.9. The lowest BCUT2D eigenvalue weighted by Crippen LogP contribution is -2.19. The second-order valence-electron chi connectivity index (χ2n) is 20.9. The summed E-state index contributed by atoms with van der Waals surface area (Å²) in [5, 5.41) is 18.3. The molecule has 0 amide bonds. The molecule has 0 radical (unpaired) electrons. The van der Waals surface area contributed by atoms with Gasteiger partial charge >= 0.3 is 0 Å². The third kappa shape index (κ3) is 6.87. The van der Waals surface area contributed by atoms with E-state index in [2.05, 4.69) is 253 Å². The fourth-order valence-electron chi connectivity index (χ4n) is 13.0. The average molecular weight is 972 g/mol. The normalized spacial score (nSPS) is 15.7. The first-order chi connectivity index (χ1) is 37.6. The molecule has 16 rings (SSSR count). The lowest BCUT2D eigenvalue weighted by molar-refractivity contribution is 0.667. The van der Waals surface area contributed by atoms with Gasteiger partial charge in [0.2, 0.25) is 0 Å². The second kappa shape index (κ2) is 17.0. The standard InChI is InChI=1S/C72H49N3O/c1-2-15-45(16-3-1)55-31-28-52-37-54(29-32-56(52)59-25-13-12-24-58(55)59)72-73-64(53-27-26-44-14-4-5-18-47(44)36-53)33-34-65(74-72)62-43-70-63(71-57-23-11-10-17-46(57)30-35-69(71)76-70)42-68(62)75-66-40-50-21-8-6-19-48(50)38-60(66)61-39-49-20-7-9-22-51(49)41-67(61)75/h1-27,29-30,32-33,35-43,55,72-73H,28,31,34H2. The van der Waals surface area contributed by atoms with Gasteiger partial charge in [-0.05, 0) is 143 Å². The van der Waals surface area contributed by atoms with E-state index in [4.69, 9.17) is 9.41 Å². The number of hydrogen-bond donors (Lipinski definition) is 1. The van der Waals surface area contributed by atoms with Crippen molar-refractivity contribution in [2.24, 2.45) is 4.99 Å². The lowest BCUT2D eigenvalue weighted by atomic mass is 9.86. The number of nitrogens with zero attached hydrogens (tertiary/aromatic N) is 2. The molecule has 2 aromatic heterocycles. The first kappa shape index (κ1) is 42.9. The van der Waals surface area contributed by atoms with E-state index in [-0.39, 0.29) is 0 Å². The molecule has 2 unspecified atom stereocenters. The molecule has 2 aliphatic rings. The van der Waals surface area contributed by atoms with Crippen LogP contribution in [0.25, 0.3) is 109 Å². The average Bonchev–Trinajstić information content (AvgIpc) is 3.82. The van der Waals surface area contributed by atoms with E-state index in [9.17, 15) is 0 Å².